The number of sulfone groups is 1. The molecule has 0 spiro atoms. The number of anilines is 1. The summed E-state index contributed by atoms with van der Waals surface area (Å²) in [4.78, 5) is 14.5. The zero-order chi connectivity index (χ0) is 25.2. The second-order valence-corrected chi connectivity index (χ2v) is 12.4. The first-order valence-electron chi connectivity index (χ1n) is 11.4. The van der Waals surface area contributed by atoms with Crippen molar-refractivity contribution in [1.29, 1.82) is 0 Å². The number of hydrogen-bond donors (Lipinski definition) is 1. The molecule has 1 N–H and O–H groups in total. The van der Waals surface area contributed by atoms with E-state index < -0.39 is 19.9 Å². The highest BCUT2D eigenvalue weighted by molar-refractivity contribution is 7.91. The zero-order valence-corrected chi connectivity index (χ0v) is 21.3. The van der Waals surface area contributed by atoms with E-state index >= 15 is 0 Å². The number of benzene rings is 3. The monoisotopic (exact) mass is 512 g/mol. The summed E-state index contributed by atoms with van der Waals surface area (Å²) in [6, 6.07) is 17.9. The van der Waals surface area contributed by atoms with Crippen molar-refractivity contribution >= 4 is 31.5 Å². The Kier molecular flexibility index (Phi) is 7.12. The molecule has 0 aliphatic carbocycles. The van der Waals surface area contributed by atoms with E-state index in [-0.39, 0.29) is 33.6 Å². The molecule has 0 unspecified atom stereocenters. The lowest BCUT2D eigenvalue weighted by Crippen LogP contribution is -2.37. The number of amides is 1. The highest BCUT2D eigenvalue weighted by Gasteiger charge is 2.25. The van der Waals surface area contributed by atoms with Crippen LogP contribution in [0, 0.1) is 13.8 Å². The molecule has 0 saturated heterocycles. The van der Waals surface area contributed by atoms with E-state index in [1.54, 1.807) is 30.0 Å². The normalized spacial score (nSPS) is 13.9. The standard InChI is InChI=1S/C26H28N2O5S2/c1-19-10-13-24-21(17-19)7-6-16-28(24)26(29)14-15-27-35(32,33)25-18-23(12-11-20(25)2)34(30,31)22-8-4-3-5-9-22/h3-5,8-13,17-18,27H,6-7,14-16H2,1-2H3. The predicted molar refractivity (Wildman–Crippen MR) is 135 cm³/mol. The number of aryl methyl sites for hydroxylation is 3. The highest BCUT2D eigenvalue weighted by atomic mass is 32.2. The maximum atomic E-state index is 13.0. The summed E-state index contributed by atoms with van der Waals surface area (Å²) in [5, 5.41) is 0. The number of carbonyl (C=O) groups is 1. The first-order chi connectivity index (χ1) is 16.6. The Hall–Kier alpha value is -3.01. The Bertz CT molecular complexity index is 1470. The van der Waals surface area contributed by atoms with E-state index in [0.29, 0.717) is 12.1 Å². The van der Waals surface area contributed by atoms with Gasteiger partial charge in [0.1, 0.15) is 0 Å². The van der Waals surface area contributed by atoms with E-state index in [9.17, 15) is 21.6 Å². The maximum absolute atomic E-state index is 13.0. The molecule has 35 heavy (non-hydrogen) atoms. The van der Waals surface area contributed by atoms with E-state index in [2.05, 4.69) is 10.8 Å². The van der Waals surface area contributed by atoms with E-state index in [4.69, 9.17) is 0 Å². The van der Waals surface area contributed by atoms with Crippen LogP contribution in [0.1, 0.15) is 29.5 Å². The van der Waals surface area contributed by atoms with Crippen LogP contribution in [0.4, 0.5) is 5.69 Å². The third-order valence-electron chi connectivity index (χ3n) is 6.10. The summed E-state index contributed by atoms with van der Waals surface area (Å²) in [6.45, 7) is 4.12. The summed E-state index contributed by atoms with van der Waals surface area (Å²) in [5.74, 6) is -0.158. The van der Waals surface area contributed by atoms with Gasteiger partial charge in [0.05, 0.1) is 14.7 Å². The Labute approximate surface area is 206 Å². The molecule has 184 valence electrons. The van der Waals surface area contributed by atoms with Crippen LogP contribution < -0.4 is 9.62 Å². The van der Waals surface area contributed by atoms with Gasteiger partial charge in [-0.3, -0.25) is 4.79 Å². The molecule has 1 amide bonds. The molecule has 0 saturated carbocycles. The first kappa shape index (κ1) is 25.1. The fourth-order valence-corrected chi connectivity index (χ4v) is 6.95. The summed E-state index contributed by atoms with van der Waals surface area (Å²) in [6.07, 6.45) is 1.76. The topological polar surface area (TPSA) is 101 Å². The molecule has 0 aromatic heterocycles. The molecular formula is C26H28N2O5S2. The SMILES string of the molecule is Cc1ccc2c(c1)CCCN2C(=O)CCNS(=O)(=O)c1cc(S(=O)(=O)c2ccccc2)ccc1C. The highest BCUT2D eigenvalue weighted by Crippen LogP contribution is 2.29. The minimum Gasteiger partial charge on any atom is -0.312 e. The minimum absolute atomic E-state index is 0.00635. The van der Waals surface area contributed by atoms with Crippen LogP contribution in [0.5, 0.6) is 0 Å². The number of nitrogens with one attached hydrogen (secondary N) is 1. The van der Waals surface area contributed by atoms with Gasteiger partial charge in [-0.1, -0.05) is 42.0 Å². The average molecular weight is 513 g/mol. The number of hydrogen-bond acceptors (Lipinski definition) is 5. The number of rotatable bonds is 7. The molecule has 3 aromatic rings. The minimum atomic E-state index is -4.03. The van der Waals surface area contributed by atoms with Crippen LogP contribution in [0.3, 0.4) is 0 Å². The summed E-state index contributed by atoms with van der Waals surface area (Å²) in [7, 11) is -7.91. The first-order valence-corrected chi connectivity index (χ1v) is 14.4. The van der Waals surface area contributed by atoms with Gasteiger partial charge >= 0.3 is 0 Å². The maximum Gasteiger partial charge on any atom is 0.240 e. The van der Waals surface area contributed by atoms with Gasteiger partial charge in [-0.05, 0) is 68.1 Å². The number of sulfonamides is 1. The van der Waals surface area contributed by atoms with Gasteiger partial charge in [0.2, 0.25) is 25.8 Å². The number of nitrogens with zero attached hydrogens (tertiary/aromatic N) is 1. The fourth-order valence-electron chi connectivity index (χ4n) is 4.26. The third kappa shape index (κ3) is 5.32. The summed E-state index contributed by atoms with van der Waals surface area (Å²) < 4.78 is 54.4. The van der Waals surface area contributed by atoms with Crippen molar-refractivity contribution in [2.75, 3.05) is 18.0 Å². The number of fused-ring (bicyclic) bond motifs is 1. The summed E-state index contributed by atoms with van der Waals surface area (Å²) in [5.41, 5.74) is 3.55. The van der Waals surface area contributed by atoms with Gasteiger partial charge < -0.3 is 4.90 Å². The van der Waals surface area contributed by atoms with E-state index in [0.717, 1.165) is 29.7 Å². The fraction of sp³-hybridized carbons (Fsp3) is 0.269. The molecule has 9 heteroatoms. The molecule has 7 nitrogen and oxygen atoms in total. The Morgan fingerprint density at radius 1 is 0.914 bits per heavy atom. The van der Waals surface area contributed by atoms with Crippen LogP contribution in [0.15, 0.2) is 81.4 Å². The molecule has 1 heterocycles. The largest absolute Gasteiger partial charge is 0.312 e. The molecule has 0 bridgehead atoms. The van der Waals surface area contributed by atoms with Gasteiger partial charge in [-0.25, -0.2) is 21.6 Å². The van der Waals surface area contributed by atoms with Crippen LogP contribution in [0.25, 0.3) is 0 Å². The average Bonchev–Trinajstić information content (AvgIpc) is 2.83. The van der Waals surface area contributed by atoms with Crippen LogP contribution >= 0.6 is 0 Å². The van der Waals surface area contributed by atoms with E-state index in [1.165, 1.54) is 30.3 Å². The molecular weight excluding hydrogens is 484 g/mol. The van der Waals surface area contributed by atoms with Crippen LogP contribution in [0.2, 0.25) is 0 Å². The predicted octanol–water partition coefficient (Wildman–Crippen LogP) is 3.78. The lowest BCUT2D eigenvalue weighted by molar-refractivity contribution is -0.118. The second-order valence-electron chi connectivity index (χ2n) is 8.67. The van der Waals surface area contributed by atoms with Crippen molar-refractivity contribution in [3.8, 4) is 0 Å². The van der Waals surface area contributed by atoms with Crippen LogP contribution in [-0.2, 0) is 31.1 Å². The van der Waals surface area contributed by atoms with Crippen molar-refractivity contribution in [3.05, 3.63) is 83.4 Å². The Morgan fingerprint density at radius 3 is 2.40 bits per heavy atom. The van der Waals surface area contributed by atoms with Gasteiger partial charge in [0.15, 0.2) is 0 Å². The molecule has 0 atom stereocenters. The van der Waals surface area contributed by atoms with E-state index in [1.807, 2.05) is 19.1 Å². The Morgan fingerprint density at radius 2 is 1.66 bits per heavy atom. The Balaban J connectivity index is 1.49. The van der Waals surface area contributed by atoms with Crippen molar-refractivity contribution < 1.29 is 21.6 Å². The van der Waals surface area contributed by atoms with Gasteiger partial charge in [-0.15, -0.1) is 0 Å². The third-order valence-corrected chi connectivity index (χ3v) is 9.47. The molecule has 0 fully saturated rings. The van der Waals surface area contributed by atoms with Crippen molar-refractivity contribution in [3.63, 3.8) is 0 Å². The molecule has 1 aliphatic heterocycles. The second kappa shape index (κ2) is 9.93. The van der Waals surface area contributed by atoms with Gasteiger partial charge in [0.25, 0.3) is 0 Å². The molecule has 1 aliphatic rings. The lowest BCUT2D eigenvalue weighted by Gasteiger charge is -2.30. The quantitative estimate of drug-likeness (QED) is 0.519. The summed E-state index contributed by atoms with van der Waals surface area (Å²) >= 11 is 0. The molecule has 0 radical (unpaired) electrons. The number of carbonyl (C=O) groups excluding carboxylic acids is 1. The lowest BCUT2D eigenvalue weighted by atomic mass is 9.99. The van der Waals surface area contributed by atoms with Crippen LogP contribution in [-0.4, -0.2) is 35.8 Å². The van der Waals surface area contributed by atoms with Gasteiger partial charge in [0, 0.05) is 25.2 Å². The smallest absolute Gasteiger partial charge is 0.240 e. The zero-order valence-electron chi connectivity index (χ0n) is 19.7. The molecule has 3 aromatic carbocycles. The molecule has 4 rings (SSSR count). The van der Waals surface area contributed by atoms with Crippen molar-refractivity contribution in [1.82, 2.24) is 4.72 Å². The van der Waals surface area contributed by atoms with Crippen molar-refractivity contribution in [2.45, 2.75) is 47.8 Å². The van der Waals surface area contributed by atoms with Gasteiger partial charge in [-0.2, -0.15) is 0 Å². The van der Waals surface area contributed by atoms with Crippen molar-refractivity contribution in [2.24, 2.45) is 0 Å².